The molecule has 1 heterocycles. The van der Waals surface area contributed by atoms with E-state index in [4.69, 9.17) is 11.6 Å². The van der Waals surface area contributed by atoms with Gasteiger partial charge in [-0.3, -0.25) is 9.36 Å². The molecule has 0 N–H and O–H groups in total. The molecule has 5 heteroatoms. The van der Waals surface area contributed by atoms with E-state index in [0.29, 0.717) is 11.0 Å². The van der Waals surface area contributed by atoms with Gasteiger partial charge in [-0.2, -0.15) is 0 Å². The van der Waals surface area contributed by atoms with Crippen molar-refractivity contribution in [3.05, 3.63) is 26.3 Å². The molecule has 16 heavy (non-hydrogen) atoms. The van der Waals surface area contributed by atoms with Gasteiger partial charge in [0.25, 0.3) is 5.56 Å². The summed E-state index contributed by atoms with van der Waals surface area (Å²) in [5, 5.41) is 0.229. The number of aromatic nitrogens is 2. The van der Waals surface area contributed by atoms with Crippen LogP contribution in [0.5, 0.6) is 0 Å². The van der Waals surface area contributed by atoms with Gasteiger partial charge in [0.05, 0.1) is 6.33 Å². The minimum atomic E-state index is -0.101. The van der Waals surface area contributed by atoms with Crippen LogP contribution in [0.1, 0.15) is 39.0 Å². The third-order valence-corrected chi connectivity index (χ3v) is 3.67. The highest BCUT2D eigenvalue weighted by Crippen LogP contribution is 2.13. The van der Waals surface area contributed by atoms with E-state index in [1.165, 1.54) is 25.6 Å². The second-order valence-corrected chi connectivity index (χ2v) is 4.91. The lowest BCUT2D eigenvalue weighted by Crippen LogP contribution is -2.21. The monoisotopic (exact) mass is 306 g/mol. The molecule has 0 radical (unpaired) electrons. The third-order valence-electron chi connectivity index (χ3n) is 2.44. The summed E-state index contributed by atoms with van der Waals surface area (Å²) in [5.74, 6) is 0. The number of nitrogens with zero attached hydrogens (tertiary/aromatic N) is 2. The molecule has 0 saturated carbocycles. The molecule has 1 rings (SSSR count). The highest BCUT2D eigenvalue weighted by molar-refractivity contribution is 9.10. The molecule has 3 nitrogen and oxygen atoms in total. The molecule has 0 bridgehead atoms. The van der Waals surface area contributed by atoms with Gasteiger partial charge in [0.15, 0.2) is 5.15 Å². The van der Waals surface area contributed by atoms with Crippen molar-refractivity contribution in [2.45, 2.75) is 45.6 Å². The number of unbranched alkanes of at least 4 members (excludes halogenated alkanes) is 4. The molecule has 0 aromatic carbocycles. The number of hydrogen-bond acceptors (Lipinski definition) is 2. The maximum atomic E-state index is 11.7. The van der Waals surface area contributed by atoms with Crippen molar-refractivity contribution in [1.29, 1.82) is 0 Å². The van der Waals surface area contributed by atoms with Gasteiger partial charge in [0, 0.05) is 6.54 Å². The van der Waals surface area contributed by atoms with E-state index in [9.17, 15) is 4.79 Å². The Morgan fingerprint density at radius 2 is 2.06 bits per heavy atom. The van der Waals surface area contributed by atoms with Gasteiger partial charge in [0.1, 0.15) is 4.47 Å². The van der Waals surface area contributed by atoms with Crippen LogP contribution in [0.15, 0.2) is 15.6 Å². The third kappa shape index (κ3) is 3.91. The maximum Gasteiger partial charge on any atom is 0.269 e. The molecule has 1 aromatic rings. The second-order valence-electron chi connectivity index (χ2n) is 3.76. The minimum Gasteiger partial charge on any atom is -0.298 e. The van der Waals surface area contributed by atoms with Crippen LogP contribution >= 0.6 is 27.5 Å². The van der Waals surface area contributed by atoms with Gasteiger partial charge in [0.2, 0.25) is 0 Å². The van der Waals surface area contributed by atoms with Crippen LogP contribution in [0.4, 0.5) is 0 Å². The van der Waals surface area contributed by atoms with Gasteiger partial charge in [-0.15, -0.1) is 0 Å². The standard InChI is InChI=1S/C11H16BrClN2O/c1-2-3-4-5-6-7-15-8-14-10(13)9(12)11(15)16/h8H,2-7H2,1H3. The van der Waals surface area contributed by atoms with Crippen molar-refractivity contribution in [1.82, 2.24) is 9.55 Å². The minimum absolute atomic E-state index is 0.101. The largest absolute Gasteiger partial charge is 0.298 e. The van der Waals surface area contributed by atoms with Crippen molar-refractivity contribution in [2.24, 2.45) is 0 Å². The lowest BCUT2D eigenvalue weighted by atomic mass is 10.1. The van der Waals surface area contributed by atoms with E-state index in [0.717, 1.165) is 12.8 Å². The van der Waals surface area contributed by atoms with E-state index in [1.54, 1.807) is 4.57 Å². The Kier molecular flexibility index (Phi) is 6.06. The predicted octanol–water partition coefficient (Wildman–Crippen LogP) is 3.63. The first-order valence-electron chi connectivity index (χ1n) is 5.57. The van der Waals surface area contributed by atoms with Gasteiger partial charge >= 0.3 is 0 Å². The number of rotatable bonds is 6. The molecule has 1 aromatic heterocycles. The van der Waals surface area contributed by atoms with Crippen molar-refractivity contribution in [3.63, 3.8) is 0 Å². The lowest BCUT2D eigenvalue weighted by molar-refractivity contribution is 0.552. The second kappa shape index (κ2) is 7.07. The quantitative estimate of drug-likeness (QED) is 0.594. The lowest BCUT2D eigenvalue weighted by Gasteiger charge is -2.05. The summed E-state index contributed by atoms with van der Waals surface area (Å²) >= 11 is 8.85. The van der Waals surface area contributed by atoms with Crippen LogP contribution in [-0.2, 0) is 6.54 Å². The van der Waals surface area contributed by atoms with Gasteiger partial charge in [-0.1, -0.05) is 44.2 Å². The fourth-order valence-electron chi connectivity index (χ4n) is 1.49. The summed E-state index contributed by atoms with van der Waals surface area (Å²) in [4.78, 5) is 15.6. The van der Waals surface area contributed by atoms with E-state index in [2.05, 4.69) is 27.8 Å². The molecule has 0 atom stereocenters. The predicted molar refractivity (Wildman–Crippen MR) is 70.0 cm³/mol. The summed E-state index contributed by atoms with van der Waals surface area (Å²) in [7, 11) is 0. The zero-order chi connectivity index (χ0) is 12.0. The van der Waals surface area contributed by atoms with Gasteiger partial charge in [-0.05, 0) is 22.4 Å². The summed E-state index contributed by atoms with van der Waals surface area (Å²) in [6, 6.07) is 0. The van der Waals surface area contributed by atoms with E-state index in [-0.39, 0.29) is 10.7 Å². The van der Waals surface area contributed by atoms with Crippen LogP contribution in [0.2, 0.25) is 5.15 Å². The zero-order valence-electron chi connectivity index (χ0n) is 9.38. The molecule has 0 fully saturated rings. The average molecular weight is 308 g/mol. The molecule has 0 unspecified atom stereocenters. The van der Waals surface area contributed by atoms with Gasteiger partial charge in [-0.25, -0.2) is 4.98 Å². The van der Waals surface area contributed by atoms with Crippen molar-refractivity contribution in [2.75, 3.05) is 0 Å². The van der Waals surface area contributed by atoms with E-state index in [1.807, 2.05) is 0 Å². The van der Waals surface area contributed by atoms with Crippen LogP contribution in [-0.4, -0.2) is 9.55 Å². The first-order valence-corrected chi connectivity index (χ1v) is 6.74. The first-order chi connectivity index (χ1) is 7.66. The zero-order valence-corrected chi connectivity index (χ0v) is 11.7. The van der Waals surface area contributed by atoms with Gasteiger partial charge < -0.3 is 0 Å². The van der Waals surface area contributed by atoms with Crippen LogP contribution in [0.3, 0.4) is 0 Å². The first kappa shape index (κ1) is 13.7. The van der Waals surface area contributed by atoms with E-state index >= 15 is 0 Å². The smallest absolute Gasteiger partial charge is 0.269 e. The fourth-order valence-corrected chi connectivity index (χ4v) is 1.94. The Labute approximate surface area is 109 Å². The molecule has 0 spiro atoms. The number of aryl methyl sites for hydroxylation is 1. The molecule has 90 valence electrons. The number of halogens is 2. The topological polar surface area (TPSA) is 34.9 Å². The Morgan fingerprint density at radius 3 is 2.75 bits per heavy atom. The molecular weight excluding hydrogens is 291 g/mol. The average Bonchev–Trinajstić information content (AvgIpc) is 2.28. The molecule has 0 saturated heterocycles. The summed E-state index contributed by atoms with van der Waals surface area (Å²) in [5.41, 5.74) is -0.101. The van der Waals surface area contributed by atoms with Crippen LogP contribution in [0.25, 0.3) is 0 Å². The maximum absolute atomic E-state index is 11.7. The summed E-state index contributed by atoms with van der Waals surface area (Å²) < 4.78 is 1.95. The highest BCUT2D eigenvalue weighted by atomic mass is 79.9. The Balaban J connectivity index is 2.49. The van der Waals surface area contributed by atoms with Crippen molar-refractivity contribution >= 4 is 27.5 Å². The van der Waals surface area contributed by atoms with E-state index < -0.39 is 0 Å². The van der Waals surface area contributed by atoms with Crippen LogP contribution in [0, 0.1) is 0 Å². The normalized spacial score (nSPS) is 10.7. The fraction of sp³-hybridized carbons (Fsp3) is 0.636. The molecule has 0 aliphatic rings. The summed E-state index contributed by atoms with van der Waals surface area (Å²) in [6.07, 6.45) is 7.39. The van der Waals surface area contributed by atoms with Crippen molar-refractivity contribution in [3.8, 4) is 0 Å². The Morgan fingerprint density at radius 1 is 1.38 bits per heavy atom. The molecule has 0 amide bonds. The Bertz CT molecular complexity index is 392. The van der Waals surface area contributed by atoms with Crippen molar-refractivity contribution < 1.29 is 0 Å². The molecule has 0 aliphatic heterocycles. The summed E-state index contributed by atoms with van der Waals surface area (Å²) in [6.45, 7) is 2.90. The number of hydrogen-bond donors (Lipinski definition) is 0. The molecular formula is C11H16BrClN2O. The Hall–Kier alpha value is -0.350. The van der Waals surface area contributed by atoms with Crippen LogP contribution < -0.4 is 5.56 Å². The highest BCUT2D eigenvalue weighted by Gasteiger charge is 2.06. The molecule has 0 aliphatic carbocycles. The SMILES string of the molecule is CCCCCCCn1cnc(Cl)c(Br)c1=O.